The Morgan fingerprint density at radius 2 is 1.84 bits per heavy atom. The fourth-order valence-electron chi connectivity index (χ4n) is 3.25. The highest BCUT2D eigenvalue weighted by Gasteiger charge is 2.46. The van der Waals surface area contributed by atoms with Crippen molar-refractivity contribution in [1.82, 2.24) is 5.32 Å². The van der Waals surface area contributed by atoms with Crippen LogP contribution in [0.1, 0.15) is 46.0 Å². The van der Waals surface area contributed by atoms with Crippen molar-refractivity contribution >= 4 is 11.9 Å². The minimum Gasteiger partial charge on any atom is -0.480 e. The Labute approximate surface area is 113 Å². The topological polar surface area (TPSA) is 75.6 Å². The van der Waals surface area contributed by atoms with Gasteiger partial charge in [-0.15, -0.1) is 0 Å². The van der Waals surface area contributed by atoms with E-state index in [1.54, 1.807) is 0 Å². The van der Waals surface area contributed by atoms with Crippen LogP contribution in [-0.4, -0.2) is 35.7 Å². The van der Waals surface area contributed by atoms with Gasteiger partial charge in [-0.1, -0.05) is 20.3 Å². The highest BCUT2D eigenvalue weighted by Crippen LogP contribution is 2.43. The van der Waals surface area contributed by atoms with Crippen molar-refractivity contribution in [2.45, 2.75) is 51.5 Å². The summed E-state index contributed by atoms with van der Waals surface area (Å²) in [5.74, 6) is -1.13. The molecule has 1 aliphatic heterocycles. The average Bonchev–Trinajstić information content (AvgIpc) is 2.70. The molecule has 1 unspecified atom stereocenters. The van der Waals surface area contributed by atoms with Crippen LogP contribution in [0.4, 0.5) is 0 Å². The SMILES string of the molecule is CC1(C)CCCC1C(=O)NC1(C(=O)O)CCOCC1. The number of ether oxygens (including phenoxy) is 1. The molecule has 1 saturated carbocycles. The van der Waals surface area contributed by atoms with E-state index in [9.17, 15) is 14.7 Å². The van der Waals surface area contributed by atoms with Gasteiger partial charge in [0, 0.05) is 32.0 Å². The van der Waals surface area contributed by atoms with Crippen molar-refractivity contribution in [1.29, 1.82) is 0 Å². The van der Waals surface area contributed by atoms with E-state index in [1.807, 2.05) is 0 Å². The van der Waals surface area contributed by atoms with Crippen molar-refractivity contribution in [3.63, 3.8) is 0 Å². The zero-order valence-corrected chi connectivity index (χ0v) is 11.7. The molecule has 0 spiro atoms. The van der Waals surface area contributed by atoms with Gasteiger partial charge in [-0.05, 0) is 18.3 Å². The van der Waals surface area contributed by atoms with Crippen molar-refractivity contribution in [2.24, 2.45) is 11.3 Å². The lowest BCUT2D eigenvalue weighted by Crippen LogP contribution is -2.59. The molecule has 0 radical (unpaired) electrons. The maximum absolute atomic E-state index is 12.4. The van der Waals surface area contributed by atoms with E-state index in [0.717, 1.165) is 19.3 Å². The van der Waals surface area contributed by atoms with Gasteiger partial charge < -0.3 is 15.2 Å². The standard InChI is InChI=1S/C14H23NO4/c1-13(2)5-3-4-10(13)11(16)15-14(12(17)18)6-8-19-9-7-14/h10H,3-9H2,1-2H3,(H,15,16)(H,17,18). The van der Waals surface area contributed by atoms with Crippen molar-refractivity contribution in [3.05, 3.63) is 0 Å². The summed E-state index contributed by atoms with van der Waals surface area (Å²) in [7, 11) is 0. The van der Waals surface area contributed by atoms with Gasteiger partial charge in [-0.3, -0.25) is 4.79 Å². The molecular formula is C14H23NO4. The Hall–Kier alpha value is -1.10. The summed E-state index contributed by atoms with van der Waals surface area (Å²) >= 11 is 0. The maximum atomic E-state index is 12.4. The normalized spacial score (nSPS) is 28.8. The Balaban J connectivity index is 2.09. The van der Waals surface area contributed by atoms with Gasteiger partial charge in [0.2, 0.25) is 5.91 Å². The molecule has 1 aliphatic carbocycles. The lowest BCUT2D eigenvalue weighted by Gasteiger charge is -2.36. The van der Waals surface area contributed by atoms with Gasteiger partial charge in [0.25, 0.3) is 0 Å². The van der Waals surface area contributed by atoms with Crippen LogP contribution in [0, 0.1) is 11.3 Å². The highest BCUT2D eigenvalue weighted by atomic mass is 16.5. The number of carbonyl (C=O) groups is 2. The van der Waals surface area contributed by atoms with E-state index in [-0.39, 0.29) is 17.2 Å². The van der Waals surface area contributed by atoms with Crippen LogP contribution >= 0.6 is 0 Å². The molecule has 19 heavy (non-hydrogen) atoms. The molecule has 108 valence electrons. The number of rotatable bonds is 3. The number of hydrogen-bond acceptors (Lipinski definition) is 3. The van der Waals surface area contributed by atoms with E-state index in [1.165, 1.54) is 0 Å². The monoisotopic (exact) mass is 269 g/mol. The summed E-state index contributed by atoms with van der Waals surface area (Å²) in [5.41, 5.74) is -1.16. The molecule has 0 aromatic heterocycles. The smallest absolute Gasteiger partial charge is 0.329 e. The largest absolute Gasteiger partial charge is 0.480 e. The van der Waals surface area contributed by atoms with Crippen molar-refractivity contribution in [3.8, 4) is 0 Å². The number of carboxylic acids is 1. The minimum atomic E-state index is -1.13. The fraction of sp³-hybridized carbons (Fsp3) is 0.857. The summed E-state index contributed by atoms with van der Waals surface area (Å²) in [4.78, 5) is 23.9. The minimum absolute atomic E-state index is 0.0328. The molecule has 2 aliphatic rings. The van der Waals surface area contributed by atoms with Gasteiger partial charge in [0.05, 0.1) is 0 Å². The molecule has 5 nitrogen and oxygen atoms in total. The number of aliphatic carboxylic acids is 1. The maximum Gasteiger partial charge on any atom is 0.329 e. The third kappa shape index (κ3) is 2.76. The van der Waals surface area contributed by atoms with Crippen LogP contribution in [0.25, 0.3) is 0 Å². The van der Waals surface area contributed by atoms with E-state index in [2.05, 4.69) is 19.2 Å². The molecule has 2 rings (SSSR count). The van der Waals surface area contributed by atoms with E-state index in [0.29, 0.717) is 26.1 Å². The van der Waals surface area contributed by atoms with Crippen molar-refractivity contribution < 1.29 is 19.4 Å². The third-order valence-electron chi connectivity index (χ3n) is 4.69. The molecule has 0 bridgehead atoms. The van der Waals surface area contributed by atoms with Crippen molar-refractivity contribution in [2.75, 3.05) is 13.2 Å². The number of carbonyl (C=O) groups excluding carboxylic acids is 1. The Morgan fingerprint density at radius 3 is 2.32 bits per heavy atom. The summed E-state index contributed by atoms with van der Waals surface area (Å²) in [6.45, 7) is 4.95. The second kappa shape index (κ2) is 5.12. The van der Waals surface area contributed by atoms with Crippen LogP contribution in [0.5, 0.6) is 0 Å². The number of hydrogen-bond donors (Lipinski definition) is 2. The van der Waals surface area contributed by atoms with E-state index in [4.69, 9.17) is 4.74 Å². The molecule has 0 aromatic carbocycles. The molecule has 1 saturated heterocycles. The predicted octanol–water partition coefficient (Wildman–Crippen LogP) is 1.56. The first kappa shape index (κ1) is 14.3. The average molecular weight is 269 g/mol. The van der Waals surface area contributed by atoms with Crippen LogP contribution in [0.3, 0.4) is 0 Å². The first-order chi connectivity index (χ1) is 8.87. The Kier molecular flexibility index (Phi) is 3.85. The zero-order chi connectivity index (χ0) is 14.1. The van der Waals surface area contributed by atoms with Crippen LogP contribution in [0.15, 0.2) is 0 Å². The fourth-order valence-corrected chi connectivity index (χ4v) is 3.25. The van der Waals surface area contributed by atoms with Gasteiger partial charge in [0.15, 0.2) is 0 Å². The number of carboxylic acid groups (broad SMARTS) is 1. The molecule has 0 aromatic rings. The first-order valence-electron chi connectivity index (χ1n) is 7.01. The number of nitrogens with one attached hydrogen (secondary N) is 1. The molecule has 5 heteroatoms. The van der Waals surface area contributed by atoms with E-state index < -0.39 is 11.5 Å². The molecule has 1 atom stereocenters. The molecule has 1 amide bonds. The lowest BCUT2D eigenvalue weighted by molar-refractivity contribution is -0.153. The Morgan fingerprint density at radius 1 is 1.21 bits per heavy atom. The second-order valence-electron chi connectivity index (χ2n) is 6.42. The molecule has 2 fully saturated rings. The van der Waals surface area contributed by atoms with Gasteiger partial charge in [0.1, 0.15) is 5.54 Å². The van der Waals surface area contributed by atoms with Crippen LogP contribution in [-0.2, 0) is 14.3 Å². The van der Waals surface area contributed by atoms with Crippen LogP contribution in [0.2, 0.25) is 0 Å². The number of amides is 1. The second-order valence-corrected chi connectivity index (χ2v) is 6.42. The third-order valence-corrected chi connectivity index (χ3v) is 4.69. The summed E-state index contributed by atoms with van der Waals surface area (Å²) in [6, 6.07) is 0. The predicted molar refractivity (Wildman–Crippen MR) is 69.7 cm³/mol. The molecular weight excluding hydrogens is 246 g/mol. The van der Waals surface area contributed by atoms with Gasteiger partial charge in [-0.2, -0.15) is 0 Å². The quantitative estimate of drug-likeness (QED) is 0.815. The highest BCUT2D eigenvalue weighted by molar-refractivity contribution is 5.88. The lowest BCUT2D eigenvalue weighted by atomic mass is 9.80. The Bertz CT molecular complexity index is 372. The van der Waals surface area contributed by atoms with Gasteiger partial charge in [-0.25, -0.2) is 4.79 Å². The molecule has 1 heterocycles. The zero-order valence-electron chi connectivity index (χ0n) is 11.7. The summed E-state index contributed by atoms with van der Waals surface area (Å²) < 4.78 is 5.21. The summed E-state index contributed by atoms with van der Waals surface area (Å²) in [6.07, 6.45) is 3.61. The summed E-state index contributed by atoms with van der Waals surface area (Å²) in [5, 5.41) is 12.3. The van der Waals surface area contributed by atoms with E-state index >= 15 is 0 Å². The van der Waals surface area contributed by atoms with Crippen LogP contribution < -0.4 is 5.32 Å². The van der Waals surface area contributed by atoms with Gasteiger partial charge >= 0.3 is 5.97 Å². The molecule has 2 N–H and O–H groups in total. The first-order valence-corrected chi connectivity index (χ1v) is 7.01.